The Morgan fingerprint density at radius 2 is 1.55 bits per heavy atom. The summed E-state index contributed by atoms with van der Waals surface area (Å²) in [5.41, 5.74) is 8.53. The molecule has 13 heteroatoms. The molecule has 2 aromatic carbocycles. The number of aromatic nitrogens is 1. The Labute approximate surface area is 235 Å². The van der Waals surface area contributed by atoms with E-state index in [1.54, 1.807) is 18.3 Å². The highest BCUT2D eigenvalue weighted by Crippen LogP contribution is 2.19. The van der Waals surface area contributed by atoms with Gasteiger partial charge in [0.15, 0.2) is 6.04 Å². The van der Waals surface area contributed by atoms with Crippen LogP contribution in [0.25, 0.3) is 10.9 Å². The maximum Gasteiger partial charge on any atom is 0.328 e. The van der Waals surface area contributed by atoms with Crippen molar-refractivity contribution in [1.82, 2.24) is 20.9 Å². The van der Waals surface area contributed by atoms with E-state index >= 15 is 0 Å². The monoisotopic (exact) mass is 571 g/mol. The van der Waals surface area contributed by atoms with Crippen molar-refractivity contribution < 1.29 is 34.5 Å². The van der Waals surface area contributed by atoms with Crippen molar-refractivity contribution in [2.45, 2.75) is 50.0 Å². The molecule has 0 aliphatic carbocycles. The number of hydrogen-bond acceptors (Lipinski definition) is 8. The van der Waals surface area contributed by atoms with Crippen LogP contribution in [0.2, 0.25) is 0 Å². The van der Waals surface area contributed by atoms with E-state index in [1.807, 2.05) is 24.3 Å². The molecule has 40 heavy (non-hydrogen) atoms. The van der Waals surface area contributed by atoms with Gasteiger partial charge in [0.1, 0.15) is 17.8 Å². The topological polar surface area (TPSA) is 207 Å². The Balaban J connectivity index is 1.75. The summed E-state index contributed by atoms with van der Waals surface area (Å²) >= 11 is 4.09. The first kappa shape index (κ1) is 30.5. The fourth-order valence-corrected chi connectivity index (χ4v) is 4.35. The molecule has 3 rings (SSSR count). The van der Waals surface area contributed by atoms with Gasteiger partial charge >= 0.3 is 5.97 Å². The van der Waals surface area contributed by atoms with Crippen LogP contribution in [0.1, 0.15) is 18.1 Å². The Hall–Kier alpha value is -4.07. The first-order chi connectivity index (χ1) is 19.0. The zero-order valence-electron chi connectivity index (χ0n) is 21.7. The fraction of sp³-hybridized carbons (Fsp3) is 0.333. The molecule has 0 fully saturated rings. The zero-order chi connectivity index (χ0) is 29.4. The largest absolute Gasteiger partial charge is 0.508 e. The van der Waals surface area contributed by atoms with Crippen molar-refractivity contribution in [2.24, 2.45) is 5.73 Å². The van der Waals surface area contributed by atoms with Crippen LogP contribution in [-0.2, 0) is 32.0 Å². The highest BCUT2D eigenvalue weighted by molar-refractivity contribution is 7.80. The number of phenolic OH excluding ortho intramolecular Hbond substituents is 1. The average Bonchev–Trinajstić information content (AvgIpc) is 3.33. The molecule has 0 saturated carbocycles. The number of aliphatic hydroxyl groups excluding tert-OH is 1. The summed E-state index contributed by atoms with van der Waals surface area (Å²) in [6.07, 6.45) is 0.578. The number of benzene rings is 2. The normalized spacial score (nSPS) is 14.9. The molecular weight excluding hydrogens is 538 g/mol. The molecule has 5 atom stereocenters. The van der Waals surface area contributed by atoms with Crippen LogP contribution in [0.3, 0.4) is 0 Å². The van der Waals surface area contributed by atoms with Crippen LogP contribution in [0.4, 0.5) is 0 Å². The number of aliphatic hydroxyl groups is 1. The molecule has 3 aromatic rings. The standard InChI is InChI=1S/C27H33N5O7S/c1-14(33)23(27(38)39)32-26(37)22(13-40)31-25(36)21(10-15-6-8-17(34)9-7-15)30-24(35)19(28)11-16-12-29-20-5-3-2-4-18(16)20/h2-9,12,14,19,21-23,29,33-34,40H,10-11,13,28H2,1H3,(H,30,35)(H,31,36)(H,32,37)(H,38,39). The van der Waals surface area contributed by atoms with Crippen LogP contribution in [-0.4, -0.2) is 80.0 Å². The van der Waals surface area contributed by atoms with Crippen molar-refractivity contribution in [2.75, 3.05) is 5.75 Å². The summed E-state index contributed by atoms with van der Waals surface area (Å²) < 4.78 is 0. The molecule has 0 spiro atoms. The minimum absolute atomic E-state index is 0.00396. The fourth-order valence-electron chi connectivity index (χ4n) is 4.09. The Bertz CT molecular complexity index is 1340. The summed E-state index contributed by atoms with van der Waals surface area (Å²) in [5.74, 6) is -3.83. The minimum Gasteiger partial charge on any atom is -0.508 e. The first-order valence-electron chi connectivity index (χ1n) is 12.5. The minimum atomic E-state index is -1.60. The van der Waals surface area contributed by atoms with Crippen LogP contribution < -0.4 is 21.7 Å². The molecule has 214 valence electrons. The summed E-state index contributed by atoms with van der Waals surface area (Å²) in [6.45, 7) is 1.20. The summed E-state index contributed by atoms with van der Waals surface area (Å²) in [5, 5.41) is 36.7. The lowest BCUT2D eigenvalue weighted by molar-refractivity contribution is -0.145. The maximum atomic E-state index is 13.3. The second-order valence-corrected chi connectivity index (χ2v) is 9.78. The lowest BCUT2D eigenvalue weighted by Gasteiger charge is -2.25. The Morgan fingerprint density at radius 3 is 2.17 bits per heavy atom. The van der Waals surface area contributed by atoms with Crippen LogP contribution >= 0.6 is 12.6 Å². The number of carboxylic acid groups (broad SMARTS) is 1. The van der Waals surface area contributed by atoms with Gasteiger partial charge in [0.25, 0.3) is 0 Å². The smallest absolute Gasteiger partial charge is 0.328 e. The summed E-state index contributed by atoms with van der Waals surface area (Å²) in [6, 6.07) is 8.54. The van der Waals surface area contributed by atoms with E-state index in [4.69, 9.17) is 5.73 Å². The van der Waals surface area contributed by atoms with E-state index in [1.165, 1.54) is 19.1 Å². The second kappa shape index (κ2) is 13.8. The lowest BCUT2D eigenvalue weighted by atomic mass is 10.0. The van der Waals surface area contributed by atoms with E-state index in [-0.39, 0.29) is 24.3 Å². The van der Waals surface area contributed by atoms with Crippen LogP contribution in [0.15, 0.2) is 54.7 Å². The third kappa shape index (κ3) is 7.97. The number of thiol groups is 1. The Morgan fingerprint density at radius 1 is 0.925 bits per heavy atom. The number of nitrogens with two attached hydrogens (primary N) is 1. The average molecular weight is 572 g/mol. The van der Waals surface area contributed by atoms with Crippen molar-refractivity contribution in [3.8, 4) is 5.75 Å². The van der Waals surface area contributed by atoms with E-state index in [0.29, 0.717) is 5.56 Å². The van der Waals surface area contributed by atoms with Gasteiger partial charge in [0.2, 0.25) is 17.7 Å². The molecule has 5 unspecified atom stereocenters. The predicted molar refractivity (Wildman–Crippen MR) is 151 cm³/mol. The molecule has 1 aromatic heterocycles. The van der Waals surface area contributed by atoms with Crippen molar-refractivity contribution in [3.05, 3.63) is 65.9 Å². The molecule has 1 heterocycles. The van der Waals surface area contributed by atoms with Crippen LogP contribution in [0, 0.1) is 0 Å². The molecule has 9 N–H and O–H groups in total. The molecule has 0 bridgehead atoms. The number of para-hydroxylation sites is 1. The van der Waals surface area contributed by atoms with Crippen molar-refractivity contribution >= 4 is 47.2 Å². The van der Waals surface area contributed by atoms with E-state index < -0.39 is 54.0 Å². The lowest BCUT2D eigenvalue weighted by Crippen LogP contribution is -2.59. The van der Waals surface area contributed by atoms with Gasteiger partial charge in [-0.15, -0.1) is 0 Å². The number of hydrogen-bond donors (Lipinski definition) is 9. The number of phenols is 1. The van der Waals surface area contributed by atoms with Gasteiger partial charge in [0.05, 0.1) is 12.1 Å². The SMILES string of the molecule is CC(O)C(NC(=O)C(CS)NC(=O)C(Cc1ccc(O)cc1)NC(=O)C(N)Cc1c[nH]c2ccccc12)C(=O)O. The number of H-pyrrole nitrogens is 1. The molecule has 0 saturated heterocycles. The maximum absolute atomic E-state index is 13.3. The molecular formula is C27H33N5O7S. The van der Waals surface area contributed by atoms with Crippen molar-refractivity contribution in [1.29, 1.82) is 0 Å². The van der Waals surface area contributed by atoms with Crippen molar-refractivity contribution in [3.63, 3.8) is 0 Å². The third-order valence-electron chi connectivity index (χ3n) is 6.32. The molecule has 0 aliphatic rings. The number of aromatic hydroxyl groups is 1. The van der Waals surface area contributed by atoms with Gasteiger partial charge in [-0.1, -0.05) is 30.3 Å². The van der Waals surface area contributed by atoms with Crippen LogP contribution in [0.5, 0.6) is 5.75 Å². The summed E-state index contributed by atoms with van der Waals surface area (Å²) in [7, 11) is 0. The van der Waals surface area contributed by atoms with Gasteiger partial charge in [-0.2, -0.15) is 12.6 Å². The van der Waals surface area contributed by atoms with Gasteiger partial charge in [-0.05, 0) is 42.7 Å². The molecule has 3 amide bonds. The van der Waals surface area contributed by atoms with E-state index in [9.17, 15) is 34.5 Å². The highest BCUT2D eigenvalue weighted by Gasteiger charge is 2.31. The number of aliphatic carboxylic acids is 1. The molecule has 0 radical (unpaired) electrons. The predicted octanol–water partition coefficient (Wildman–Crippen LogP) is -0.164. The summed E-state index contributed by atoms with van der Waals surface area (Å²) in [4.78, 5) is 53.5. The quantitative estimate of drug-likeness (QED) is 0.126. The molecule has 0 aliphatic heterocycles. The number of amides is 3. The number of rotatable bonds is 13. The number of aromatic amines is 1. The van der Waals surface area contributed by atoms with Gasteiger partial charge < -0.3 is 42.0 Å². The van der Waals surface area contributed by atoms with E-state index in [2.05, 4.69) is 33.6 Å². The number of nitrogens with one attached hydrogen (secondary N) is 4. The second-order valence-electron chi connectivity index (χ2n) is 9.41. The number of carboxylic acids is 1. The van der Waals surface area contributed by atoms with E-state index in [0.717, 1.165) is 16.5 Å². The number of carbonyl (C=O) groups is 4. The van der Waals surface area contributed by atoms with Gasteiger partial charge in [-0.3, -0.25) is 14.4 Å². The van der Waals surface area contributed by atoms with Gasteiger partial charge in [0, 0.05) is 29.3 Å². The first-order valence-corrected chi connectivity index (χ1v) is 13.1. The number of fused-ring (bicyclic) bond motifs is 1. The Kier molecular flexibility index (Phi) is 10.5. The van der Waals surface area contributed by atoms with Gasteiger partial charge in [-0.25, -0.2) is 4.79 Å². The zero-order valence-corrected chi connectivity index (χ0v) is 22.6. The third-order valence-corrected chi connectivity index (χ3v) is 6.69. The highest BCUT2D eigenvalue weighted by atomic mass is 32.1. The number of carbonyl (C=O) groups excluding carboxylic acids is 3. The molecule has 12 nitrogen and oxygen atoms in total.